The van der Waals surface area contributed by atoms with Gasteiger partial charge < -0.3 is 10.5 Å². The molecule has 6 nitrogen and oxygen atoms in total. The highest BCUT2D eigenvalue weighted by Crippen LogP contribution is 2.36. The van der Waals surface area contributed by atoms with Gasteiger partial charge in [0.2, 0.25) is 5.16 Å². The lowest BCUT2D eigenvalue weighted by Crippen LogP contribution is -2.10. The van der Waals surface area contributed by atoms with Crippen molar-refractivity contribution in [2.75, 3.05) is 25.5 Å². The molecule has 0 aliphatic heterocycles. The number of tetrazole rings is 1. The highest BCUT2D eigenvalue weighted by molar-refractivity contribution is 7.99. The second-order valence-corrected chi connectivity index (χ2v) is 4.45. The van der Waals surface area contributed by atoms with Crippen molar-refractivity contribution in [1.29, 1.82) is 0 Å². The van der Waals surface area contributed by atoms with Crippen LogP contribution >= 0.6 is 11.8 Å². The van der Waals surface area contributed by atoms with Crippen LogP contribution in [0.15, 0.2) is 5.16 Å². The van der Waals surface area contributed by atoms with E-state index in [-0.39, 0.29) is 0 Å². The van der Waals surface area contributed by atoms with Crippen molar-refractivity contribution in [2.24, 2.45) is 5.73 Å². The Morgan fingerprint density at radius 1 is 1.47 bits per heavy atom. The standard InChI is InChI=1S/C8H15N5OS/c9-3-4-14-5-6-15-8-10-11-12-13(8)7-1-2-7/h7H,1-6,9H2. The van der Waals surface area contributed by atoms with Crippen LogP contribution in [-0.4, -0.2) is 45.7 Å². The van der Waals surface area contributed by atoms with Crippen molar-refractivity contribution in [3.05, 3.63) is 0 Å². The first-order valence-corrected chi connectivity index (χ1v) is 6.09. The fraction of sp³-hybridized carbons (Fsp3) is 0.875. The van der Waals surface area contributed by atoms with Gasteiger partial charge in [-0.25, -0.2) is 4.68 Å². The lowest BCUT2D eigenvalue weighted by atomic mass is 10.7. The average Bonchev–Trinajstić information content (AvgIpc) is 2.99. The molecule has 2 rings (SSSR count). The van der Waals surface area contributed by atoms with Crippen molar-refractivity contribution < 1.29 is 4.74 Å². The highest BCUT2D eigenvalue weighted by Gasteiger charge is 2.27. The third-order valence-corrected chi connectivity index (χ3v) is 2.97. The Hall–Kier alpha value is -0.660. The largest absolute Gasteiger partial charge is 0.379 e. The third-order valence-electron chi connectivity index (χ3n) is 2.08. The van der Waals surface area contributed by atoms with Crippen molar-refractivity contribution in [1.82, 2.24) is 20.2 Å². The molecule has 1 saturated carbocycles. The normalized spacial score (nSPS) is 15.8. The topological polar surface area (TPSA) is 78.8 Å². The van der Waals surface area contributed by atoms with Gasteiger partial charge in [0.1, 0.15) is 0 Å². The van der Waals surface area contributed by atoms with Crippen LogP contribution in [-0.2, 0) is 4.74 Å². The minimum absolute atomic E-state index is 0.535. The predicted octanol–water partition coefficient (Wildman–Crippen LogP) is 0.0754. The van der Waals surface area contributed by atoms with Crippen LogP contribution in [0.2, 0.25) is 0 Å². The summed E-state index contributed by atoms with van der Waals surface area (Å²) in [6.45, 7) is 1.89. The molecule has 0 saturated heterocycles. The Morgan fingerprint density at radius 2 is 2.33 bits per heavy atom. The van der Waals surface area contributed by atoms with Crippen molar-refractivity contribution in [3.8, 4) is 0 Å². The predicted molar refractivity (Wildman–Crippen MR) is 56.7 cm³/mol. The van der Waals surface area contributed by atoms with E-state index in [0.29, 0.717) is 25.8 Å². The maximum Gasteiger partial charge on any atom is 0.209 e. The Balaban J connectivity index is 1.70. The first-order valence-electron chi connectivity index (χ1n) is 5.10. The van der Waals surface area contributed by atoms with Gasteiger partial charge >= 0.3 is 0 Å². The van der Waals surface area contributed by atoms with Crippen LogP contribution in [0.5, 0.6) is 0 Å². The zero-order valence-corrected chi connectivity index (χ0v) is 9.32. The molecule has 0 unspecified atom stereocenters. The minimum Gasteiger partial charge on any atom is -0.379 e. The second-order valence-electron chi connectivity index (χ2n) is 3.39. The van der Waals surface area contributed by atoms with E-state index in [1.54, 1.807) is 11.8 Å². The molecule has 1 fully saturated rings. The fourth-order valence-corrected chi connectivity index (χ4v) is 2.00. The molecule has 84 valence electrons. The van der Waals surface area contributed by atoms with Crippen molar-refractivity contribution >= 4 is 11.8 Å². The molecule has 0 atom stereocenters. The van der Waals surface area contributed by atoms with Crippen LogP contribution in [0.1, 0.15) is 18.9 Å². The quantitative estimate of drug-likeness (QED) is 0.527. The smallest absolute Gasteiger partial charge is 0.209 e. The molecule has 0 radical (unpaired) electrons. The van der Waals surface area contributed by atoms with E-state index in [9.17, 15) is 0 Å². The van der Waals surface area contributed by atoms with Gasteiger partial charge in [0.25, 0.3) is 0 Å². The van der Waals surface area contributed by atoms with Crippen LogP contribution in [0.4, 0.5) is 0 Å². The number of thioether (sulfide) groups is 1. The fourth-order valence-electron chi connectivity index (χ4n) is 1.21. The number of ether oxygens (including phenoxy) is 1. The van der Waals surface area contributed by atoms with Gasteiger partial charge in [-0.15, -0.1) is 5.10 Å². The monoisotopic (exact) mass is 229 g/mol. The Kier molecular flexibility index (Phi) is 3.93. The van der Waals surface area contributed by atoms with Crippen LogP contribution in [0, 0.1) is 0 Å². The molecule has 1 aromatic rings. The molecule has 0 amide bonds. The van der Waals surface area contributed by atoms with Gasteiger partial charge in [-0.05, 0) is 23.3 Å². The Morgan fingerprint density at radius 3 is 3.07 bits per heavy atom. The molecule has 0 spiro atoms. The van der Waals surface area contributed by atoms with Crippen molar-refractivity contribution in [2.45, 2.75) is 24.0 Å². The van der Waals surface area contributed by atoms with E-state index >= 15 is 0 Å². The summed E-state index contributed by atoms with van der Waals surface area (Å²) in [5, 5.41) is 12.5. The summed E-state index contributed by atoms with van der Waals surface area (Å²) in [5.74, 6) is 0.868. The number of nitrogens with two attached hydrogens (primary N) is 1. The summed E-state index contributed by atoms with van der Waals surface area (Å²) in [7, 11) is 0. The van der Waals surface area contributed by atoms with Gasteiger partial charge in [0.05, 0.1) is 19.3 Å². The lowest BCUT2D eigenvalue weighted by Gasteiger charge is -2.02. The van der Waals surface area contributed by atoms with E-state index < -0.39 is 0 Å². The molecule has 1 heterocycles. The van der Waals surface area contributed by atoms with Gasteiger partial charge in [-0.1, -0.05) is 11.8 Å². The summed E-state index contributed by atoms with van der Waals surface area (Å²) in [6, 6.07) is 0.535. The van der Waals surface area contributed by atoms with Gasteiger partial charge in [0.15, 0.2) is 0 Å². The molecule has 0 aromatic carbocycles. The maximum atomic E-state index is 5.31. The van der Waals surface area contributed by atoms with Crippen LogP contribution in [0.3, 0.4) is 0 Å². The Bertz CT molecular complexity index is 301. The van der Waals surface area contributed by atoms with Crippen LogP contribution < -0.4 is 5.73 Å². The number of nitrogens with zero attached hydrogens (tertiary/aromatic N) is 4. The maximum absolute atomic E-state index is 5.31. The SMILES string of the molecule is NCCOCCSc1nnnn1C1CC1. The molecule has 1 aliphatic rings. The summed E-state index contributed by atoms with van der Waals surface area (Å²) in [5.41, 5.74) is 5.31. The number of rotatable bonds is 7. The van der Waals surface area contributed by atoms with Gasteiger partial charge in [-0.3, -0.25) is 0 Å². The molecular weight excluding hydrogens is 214 g/mol. The number of aromatic nitrogens is 4. The summed E-state index contributed by atoms with van der Waals surface area (Å²) >= 11 is 1.63. The molecular formula is C8H15N5OS. The molecule has 15 heavy (non-hydrogen) atoms. The number of hydrogen-bond acceptors (Lipinski definition) is 6. The van der Waals surface area contributed by atoms with Gasteiger partial charge in [0, 0.05) is 12.3 Å². The molecule has 2 N–H and O–H groups in total. The number of hydrogen-bond donors (Lipinski definition) is 1. The van der Waals surface area contributed by atoms with Gasteiger partial charge in [-0.2, -0.15) is 0 Å². The summed E-state index contributed by atoms with van der Waals surface area (Å²) < 4.78 is 7.18. The van der Waals surface area contributed by atoms with E-state index in [4.69, 9.17) is 10.5 Å². The van der Waals surface area contributed by atoms with Crippen molar-refractivity contribution in [3.63, 3.8) is 0 Å². The minimum atomic E-state index is 0.535. The first-order chi connectivity index (χ1) is 7.42. The van der Waals surface area contributed by atoms with Crippen LogP contribution in [0.25, 0.3) is 0 Å². The third kappa shape index (κ3) is 3.15. The Labute approximate surface area is 92.5 Å². The lowest BCUT2D eigenvalue weighted by molar-refractivity contribution is 0.158. The summed E-state index contributed by atoms with van der Waals surface area (Å²) in [6.07, 6.45) is 2.39. The highest BCUT2D eigenvalue weighted by atomic mass is 32.2. The van der Waals surface area contributed by atoms with E-state index in [1.165, 1.54) is 12.8 Å². The molecule has 0 bridgehead atoms. The van der Waals surface area contributed by atoms with E-state index in [1.807, 2.05) is 4.68 Å². The first kappa shape index (κ1) is 10.8. The summed E-state index contributed by atoms with van der Waals surface area (Å²) in [4.78, 5) is 0. The zero-order valence-electron chi connectivity index (χ0n) is 8.50. The van der Waals surface area contributed by atoms with E-state index in [2.05, 4.69) is 15.5 Å². The molecule has 7 heteroatoms. The van der Waals surface area contributed by atoms with E-state index in [0.717, 1.165) is 10.9 Å². The average molecular weight is 229 g/mol. The molecule has 1 aliphatic carbocycles. The second kappa shape index (κ2) is 5.43. The zero-order chi connectivity index (χ0) is 10.5. The molecule has 1 aromatic heterocycles.